The summed E-state index contributed by atoms with van der Waals surface area (Å²) in [7, 11) is 0. The van der Waals surface area contributed by atoms with Crippen LogP contribution in [0.25, 0.3) is 10.9 Å². The highest BCUT2D eigenvalue weighted by Crippen LogP contribution is 2.23. The van der Waals surface area contributed by atoms with Gasteiger partial charge in [-0.3, -0.25) is 9.78 Å². The van der Waals surface area contributed by atoms with Crippen LogP contribution in [0.3, 0.4) is 0 Å². The first-order chi connectivity index (χ1) is 9.72. The third-order valence-corrected chi connectivity index (χ3v) is 2.90. The predicted octanol–water partition coefficient (Wildman–Crippen LogP) is 1.50. The van der Waals surface area contributed by atoms with Crippen molar-refractivity contribution >= 4 is 16.8 Å². The largest absolute Gasteiger partial charge is 0.479 e. The number of aliphatic hydroxyl groups excluding tert-OH is 1. The van der Waals surface area contributed by atoms with Crippen LogP contribution in [0, 0.1) is 0 Å². The van der Waals surface area contributed by atoms with E-state index in [1.807, 2.05) is 24.3 Å². The third kappa shape index (κ3) is 3.45. The maximum absolute atomic E-state index is 11.8. The number of hydrogen-bond donors (Lipinski definition) is 2. The summed E-state index contributed by atoms with van der Waals surface area (Å²) in [5, 5.41) is 12.4. The van der Waals surface area contributed by atoms with Gasteiger partial charge in [0.15, 0.2) is 6.10 Å². The Bertz CT molecular complexity index is 581. The molecule has 2 N–H and O–H groups in total. The van der Waals surface area contributed by atoms with Crippen LogP contribution in [0.4, 0.5) is 0 Å². The normalized spacial score (nSPS) is 12.1. The average Bonchev–Trinajstić information content (AvgIpc) is 2.47. The molecule has 0 radical (unpaired) electrons. The molecule has 1 atom stereocenters. The lowest BCUT2D eigenvalue weighted by atomic mass is 10.2. The van der Waals surface area contributed by atoms with E-state index in [1.165, 1.54) is 0 Å². The van der Waals surface area contributed by atoms with E-state index in [2.05, 4.69) is 10.3 Å². The molecule has 0 fully saturated rings. The molecule has 0 aliphatic heterocycles. The van der Waals surface area contributed by atoms with Gasteiger partial charge in [0, 0.05) is 24.7 Å². The smallest absolute Gasteiger partial charge is 0.260 e. The second kappa shape index (κ2) is 6.86. The molecular formula is C15H18N2O3. The molecule has 0 aliphatic rings. The maximum Gasteiger partial charge on any atom is 0.260 e. The Kier molecular flexibility index (Phi) is 4.90. The molecule has 1 unspecified atom stereocenters. The summed E-state index contributed by atoms with van der Waals surface area (Å²) in [4.78, 5) is 16.1. The van der Waals surface area contributed by atoms with Gasteiger partial charge in [0.05, 0.1) is 0 Å². The van der Waals surface area contributed by atoms with Gasteiger partial charge in [0.1, 0.15) is 11.3 Å². The monoisotopic (exact) mass is 274 g/mol. The number of nitrogens with one attached hydrogen (secondary N) is 1. The minimum Gasteiger partial charge on any atom is -0.479 e. The van der Waals surface area contributed by atoms with Crippen molar-refractivity contribution < 1.29 is 14.6 Å². The molecule has 2 rings (SSSR count). The first kappa shape index (κ1) is 14.3. The van der Waals surface area contributed by atoms with E-state index in [0.717, 1.165) is 10.9 Å². The second-order valence-corrected chi connectivity index (χ2v) is 4.46. The van der Waals surface area contributed by atoms with Gasteiger partial charge in [-0.25, -0.2) is 0 Å². The highest BCUT2D eigenvalue weighted by Gasteiger charge is 2.15. The minimum atomic E-state index is -0.610. The molecule has 2 aromatic rings. The number of aromatic nitrogens is 1. The zero-order valence-electron chi connectivity index (χ0n) is 11.4. The summed E-state index contributed by atoms with van der Waals surface area (Å²) in [6.07, 6.45) is 1.62. The highest BCUT2D eigenvalue weighted by atomic mass is 16.5. The Morgan fingerprint density at radius 3 is 3.00 bits per heavy atom. The number of fused-ring (bicyclic) bond motifs is 1. The number of rotatable bonds is 6. The van der Waals surface area contributed by atoms with Crippen LogP contribution < -0.4 is 10.1 Å². The van der Waals surface area contributed by atoms with E-state index >= 15 is 0 Å². The molecule has 1 aromatic carbocycles. The minimum absolute atomic E-state index is 0.0583. The van der Waals surface area contributed by atoms with Gasteiger partial charge < -0.3 is 15.2 Å². The number of pyridine rings is 1. The summed E-state index contributed by atoms with van der Waals surface area (Å²) in [6, 6.07) is 9.42. The number of ether oxygens (including phenoxy) is 1. The lowest BCUT2D eigenvalue weighted by molar-refractivity contribution is -0.127. The average molecular weight is 274 g/mol. The molecule has 5 nitrogen and oxygen atoms in total. The number of carbonyl (C=O) groups excluding carboxylic acids is 1. The molecule has 0 bridgehead atoms. The molecule has 1 amide bonds. The standard InChI is InChI=1S/C15H18N2O3/c1-11(15(19)17-9-4-10-18)20-13-7-2-5-12-6-3-8-16-14(12)13/h2-3,5-8,11,18H,4,9-10H2,1H3,(H,17,19). The van der Waals surface area contributed by atoms with E-state index in [1.54, 1.807) is 19.2 Å². The van der Waals surface area contributed by atoms with Gasteiger partial charge in [-0.05, 0) is 25.5 Å². The predicted molar refractivity (Wildman–Crippen MR) is 76.5 cm³/mol. The Labute approximate surface area is 117 Å². The second-order valence-electron chi connectivity index (χ2n) is 4.46. The van der Waals surface area contributed by atoms with Crippen LogP contribution in [0.2, 0.25) is 0 Å². The fourth-order valence-electron chi connectivity index (χ4n) is 1.85. The van der Waals surface area contributed by atoms with Crippen LogP contribution in [-0.2, 0) is 4.79 Å². The van der Waals surface area contributed by atoms with Gasteiger partial charge in [-0.15, -0.1) is 0 Å². The van der Waals surface area contributed by atoms with E-state index < -0.39 is 6.10 Å². The van der Waals surface area contributed by atoms with E-state index in [4.69, 9.17) is 9.84 Å². The fraction of sp³-hybridized carbons (Fsp3) is 0.333. The topological polar surface area (TPSA) is 71.5 Å². The number of carbonyl (C=O) groups is 1. The number of benzene rings is 1. The van der Waals surface area contributed by atoms with Gasteiger partial charge in [0.2, 0.25) is 0 Å². The van der Waals surface area contributed by atoms with Crippen LogP contribution in [0.5, 0.6) is 5.75 Å². The molecule has 106 valence electrons. The number of amides is 1. The van der Waals surface area contributed by atoms with Gasteiger partial charge in [-0.2, -0.15) is 0 Å². The lowest BCUT2D eigenvalue weighted by Gasteiger charge is -2.15. The third-order valence-electron chi connectivity index (χ3n) is 2.90. The zero-order valence-corrected chi connectivity index (χ0v) is 11.4. The molecule has 20 heavy (non-hydrogen) atoms. The number of nitrogens with zero attached hydrogens (tertiary/aromatic N) is 1. The van der Waals surface area contributed by atoms with Crippen molar-refractivity contribution in [2.24, 2.45) is 0 Å². The van der Waals surface area contributed by atoms with Gasteiger partial charge >= 0.3 is 0 Å². The summed E-state index contributed by atoms with van der Waals surface area (Å²) >= 11 is 0. The van der Waals surface area contributed by atoms with E-state index in [9.17, 15) is 4.79 Å². The molecule has 0 saturated heterocycles. The maximum atomic E-state index is 11.8. The quantitative estimate of drug-likeness (QED) is 0.783. The number of aliphatic hydroxyl groups is 1. The molecule has 0 saturated carbocycles. The van der Waals surface area contributed by atoms with Gasteiger partial charge in [-0.1, -0.05) is 18.2 Å². The summed E-state index contributed by atoms with van der Waals surface area (Å²) in [5.41, 5.74) is 0.741. The van der Waals surface area contributed by atoms with Crippen LogP contribution >= 0.6 is 0 Å². The number of para-hydroxylation sites is 1. The SMILES string of the molecule is CC(Oc1cccc2cccnc12)C(=O)NCCCO. The summed E-state index contributed by atoms with van der Waals surface area (Å²) < 4.78 is 5.68. The van der Waals surface area contributed by atoms with E-state index in [0.29, 0.717) is 18.7 Å². The van der Waals surface area contributed by atoms with Gasteiger partial charge in [0.25, 0.3) is 5.91 Å². The van der Waals surface area contributed by atoms with Crippen molar-refractivity contribution in [1.82, 2.24) is 10.3 Å². The molecular weight excluding hydrogens is 256 g/mol. The molecule has 1 aromatic heterocycles. The van der Waals surface area contributed by atoms with Crippen molar-refractivity contribution in [2.45, 2.75) is 19.4 Å². The molecule has 0 spiro atoms. The van der Waals surface area contributed by atoms with Crippen molar-refractivity contribution in [3.63, 3.8) is 0 Å². The first-order valence-corrected chi connectivity index (χ1v) is 6.61. The van der Waals surface area contributed by atoms with Crippen molar-refractivity contribution in [3.05, 3.63) is 36.5 Å². The van der Waals surface area contributed by atoms with Crippen molar-refractivity contribution in [1.29, 1.82) is 0 Å². The molecule has 1 heterocycles. The zero-order chi connectivity index (χ0) is 14.4. The molecule has 5 heteroatoms. The lowest BCUT2D eigenvalue weighted by Crippen LogP contribution is -2.37. The van der Waals surface area contributed by atoms with Crippen LogP contribution in [0.15, 0.2) is 36.5 Å². The van der Waals surface area contributed by atoms with Crippen molar-refractivity contribution in [2.75, 3.05) is 13.2 Å². The molecule has 0 aliphatic carbocycles. The first-order valence-electron chi connectivity index (χ1n) is 6.61. The Morgan fingerprint density at radius 1 is 1.40 bits per heavy atom. The summed E-state index contributed by atoms with van der Waals surface area (Å²) in [5.74, 6) is 0.388. The Morgan fingerprint density at radius 2 is 2.20 bits per heavy atom. The van der Waals surface area contributed by atoms with Crippen LogP contribution in [-0.4, -0.2) is 35.3 Å². The highest BCUT2D eigenvalue weighted by molar-refractivity contribution is 5.85. The van der Waals surface area contributed by atoms with E-state index in [-0.39, 0.29) is 12.5 Å². The van der Waals surface area contributed by atoms with Crippen LogP contribution in [0.1, 0.15) is 13.3 Å². The van der Waals surface area contributed by atoms with Crippen molar-refractivity contribution in [3.8, 4) is 5.75 Å². The summed E-state index contributed by atoms with van der Waals surface area (Å²) in [6.45, 7) is 2.19. The Hall–Kier alpha value is -2.14. The fourth-order valence-corrected chi connectivity index (χ4v) is 1.85. The Balaban J connectivity index is 2.06. The number of hydrogen-bond acceptors (Lipinski definition) is 4.